The zero-order chi connectivity index (χ0) is 11.0. The molecule has 0 radical (unpaired) electrons. The van der Waals surface area contributed by atoms with Gasteiger partial charge in [0.05, 0.1) is 0 Å². The summed E-state index contributed by atoms with van der Waals surface area (Å²) in [6, 6.07) is 3.65. The fourth-order valence-corrected chi connectivity index (χ4v) is 1.54. The summed E-state index contributed by atoms with van der Waals surface area (Å²) in [5.41, 5.74) is 5.46. The van der Waals surface area contributed by atoms with Crippen LogP contribution in [0, 0.1) is 11.6 Å². The molecule has 1 amide bonds. The maximum absolute atomic E-state index is 12.8. The third-order valence-corrected chi connectivity index (χ3v) is 2.37. The van der Waals surface area contributed by atoms with Crippen molar-refractivity contribution in [3.63, 3.8) is 0 Å². The number of nitrogens with two attached hydrogens (primary N) is 1. The molecule has 0 bridgehead atoms. The average molecular weight is 213 g/mol. The molecule has 0 spiro atoms. The van der Waals surface area contributed by atoms with Crippen LogP contribution in [-0.2, 0) is 4.74 Å². The van der Waals surface area contributed by atoms with Gasteiger partial charge >= 0.3 is 6.09 Å². The predicted octanol–water partition coefficient (Wildman–Crippen LogP) is 1.92. The van der Waals surface area contributed by atoms with Gasteiger partial charge in [-0.2, -0.15) is 0 Å². The molecule has 5 heteroatoms. The van der Waals surface area contributed by atoms with Gasteiger partial charge in [-0.3, -0.25) is 0 Å². The highest BCUT2D eigenvalue weighted by molar-refractivity contribution is 5.65. The van der Waals surface area contributed by atoms with Crippen molar-refractivity contribution in [3.8, 4) is 0 Å². The second kappa shape index (κ2) is 3.49. The van der Waals surface area contributed by atoms with E-state index in [-0.39, 0.29) is 12.0 Å². The Morgan fingerprint density at radius 1 is 1.40 bits per heavy atom. The molecular formula is C10H9F2NO2. The smallest absolute Gasteiger partial charge is 0.404 e. The lowest BCUT2D eigenvalue weighted by Gasteiger charge is -2.01. The van der Waals surface area contributed by atoms with Gasteiger partial charge < -0.3 is 10.5 Å². The van der Waals surface area contributed by atoms with Crippen LogP contribution in [0.5, 0.6) is 0 Å². The van der Waals surface area contributed by atoms with Crippen LogP contribution in [0.2, 0.25) is 0 Å². The zero-order valence-electron chi connectivity index (χ0n) is 7.74. The average Bonchev–Trinajstić information content (AvgIpc) is 2.88. The lowest BCUT2D eigenvalue weighted by Crippen LogP contribution is -2.14. The SMILES string of the molecule is NC(=O)OC1CC1c1ccc(F)c(F)c1. The minimum Gasteiger partial charge on any atom is -0.446 e. The van der Waals surface area contributed by atoms with Crippen molar-refractivity contribution in [2.45, 2.75) is 18.4 Å². The van der Waals surface area contributed by atoms with Gasteiger partial charge in [-0.1, -0.05) is 6.07 Å². The van der Waals surface area contributed by atoms with Crippen LogP contribution in [-0.4, -0.2) is 12.2 Å². The van der Waals surface area contributed by atoms with E-state index in [1.807, 2.05) is 0 Å². The van der Waals surface area contributed by atoms with E-state index in [9.17, 15) is 13.6 Å². The van der Waals surface area contributed by atoms with Crippen molar-refractivity contribution in [1.29, 1.82) is 0 Å². The molecule has 15 heavy (non-hydrogen) atoms. The Balaban J connectivity index is 2.07. The second-order valence-corrected chi connectivity index (χ2v) is 3.49. The number of halogens is 2. The van der Waals surface area contributed by atoms with Crippen LogP contribution in [0.3, 0.4) is 0 Å². The third-order valence-electron chi connectivity index (χ3n) is 2.37. The first-order chi connectivity index (χ1) is 7.08. The molecule has 0 saturated heterocycles. The number of rotatable bonds is 2. The molecule has 1 aromatic carbocycles. The van der Waals surface area contributed by atoms with E-state index in [2.05, 4.69) is 0 Å². The van der Waals surface area contributed by atoms with Crippen molar-refractivity contribution in [2.75, 3.05) is 0 Å². The Bertz CT molecular complexity index is 408. The molecule has 1 aliphatic carbocycles. The van der Waals surface area contributed by atoms with E-state index < -0.39 is 17.7 Å². The number of hydrogen-bond donors (Lipinski definition) is 1. The summed E-state index contributed by atoms with van der Waals surface area (Å²) in [6.07, 6.45) is -0.536. The summed E-state index contributed by atoms with van der Waals surface area (Å²) in [5.74, 6) is -1.84. The number of ether oxygens (including phenoxy) is 1. The summed E-state index contributed by atoms with van der Waals surface area (Å²) in [7, 11) is 0. The minimum absolute atomic E-state index is 0.0624. The van der Waals surface area contributed by atoms with Crippen LogP contribution in [0.25, 0.3) is 0 Å². The van der Waals surface area contributed by atoms with Gasteiger partial charge in [-0.15, -0.1) is 0 Å². The molecule has 2 rings (SSSR count). The Hall–Kier alpha value is -1.65. The van der Waals surface area contributed by atoms with E-state index in [4.69, 9.17) is 10.5 Å². The number of primary amides is 1. The van der Waals surface area contributed by atoms with Crippen LogP contribution in [0.4, 0.5) is 13.6 Å². The molecule has 0 heterocycles. The quantitative estimate of drug-likeness (QED) is 0.815. The van der Waals surface area contributed by atoms with Gasteiger partial charge in [-0.25, -0.2) is 13.6 Å². The molecule has 0 aliphatic heterocycles. The normalized spacial score (nSPS) is 23.6. The van der Waals surface area contributed by atoms with Crippen LogP contribution in [0.15, 0.2) is 18.2 Å². The lowest BCUT2D eigenvalue weighted by atomic mass is 10.1. The molecule has 1 saturated carbocycles. The molecule has 1 fully saturated rings. The maximum atomic E-state index is 12.8. The summed E-state index contributed by atoms with van der Waals surface area (Å²) >= 11 is 0. The van der Waals surface area contributed by atoms with E-state index in [0.717, 1.165) is 12.1 Å². The molecule has 2 atom stereocenters. The van der Waals surface area contributed by atoms with Crippen molar-refractivity contribution in [2.24, 2.45) is 5.73 Å². The summed E-state index contributed by atoms with van der Waals surface area (Å²) in [6.45, 7) is 0. The summed E-state index contributed by atoms with van der Waals surface area (Å²) < 4.78 is 30.2. The molecule has 2 unspecified atom stereocenters. The van der Waals surface area contributed by atoms with Gasteiger partial charge in [0.15, 0.2) is 11.6 Å². The molecule has 0 aromatic heterocycles. The van der Waals surface area contributed by atoms with Crippen LogP contribution >= 0.6 is 0 Å². The first kappa shape index (κ1) is 9.89. The highest BCUT2D eigenvalue weighted by atomic mass is 19.2. The molecule has 2 N–H and O–H groups in total. The summed E-state index contributed by atoms with van der Waals surface area (Å²) in [4.78, 5) is 10.4. The lowest BCUT2D eigenvalue weighted by molar-refractivity contribution is 0.147. The number of carbonyl (C=O) groups excluding carboxylic acids is 1. The fourth-order valence-electron chi connectivity index (χ4n) is 1.54. The van der Waals surface area contributed by atoms with Gasteiger partial charge in [0, 0.05) is 5.92 Å². The third kappa shape index (κ3) is 2.06. The van der Waals surface area contributed by atoms with Crippen LogP contribution in [0.1, 0.15) is 17.9 Å². The van der Waals surface area contributed by atoms with E-state index >= 15 is 0 Å². The fraction of sp³-hybridized carbons (Fsp3) is 0.300. The minimum atomic E-state index is -0.891. The van der Waals surface area contributed by atoms with E-state index in [1.54, 1.807) is 0 Å². The molecule has 80 valence electrons. The second-order valence-electron chi connectivity index (χ2n) is 3.49. The van der Waals surface area contributed by atoms with E-state index in [0.29, 0.717) is 12.0 Å². The maximum Gasteiger partial charge on any atom is 0.404 e. The zero-order valence-corrected chi connectivity index (χ0v) is 7.74. The van der Waals surface area contributed by atoms with Gasteiger partial charge in [0.1, 0.15) is 6.10 Å². The van der Waals surface area contributed by atoms with Gasteiger partial charge in [-0.05, 0) is 24.1 Å². The van der Waals surface area contributed by atoms with Gasteiger partial charge in [0.25, 0.3) is 0 Å². The molecular weight excluding hydrogens is 204 g/mol. The number of carbonyl (C=O) groups is 1. The Morgan fingerprint density at radius 3 is 2.73 bits per heavy atom. The molecule has 1 aliphatic rings. The first-order valence-electron chi connectivity index (χ1n) is 4.49. The molecule has 3 nitrogen and oxygen atoms in total. The summed E-state index contributed by atoms with van der Waals surface area (Å²) in [5, 5.41) is 0. The van der Waals surface area contributed by atoms with Crippen LogP contribution < -0.4 is 5.73 Å². The number of amides is 1. The van der Waals surface area contributed by atoms with Crippen molar-refractivity contribution in [3.05, 3.63) is 35.4 Å². The topological polar surface area (TPSA) is 52.3 Å². The van der Waals surface area contributed by atoms with Crippen molar-refractivity contribution >= 4 is 6.09 Å². The Kier molecular flexibility index (Phi) is 2.30. The first-order valence-corrected chi connectivity index (χ1v) is 4.49. The largest absolute Gasteiger partial charge is 0.446 e. The van der Waals surface area contributed by atoms with Gasteiger partial charge in [0.2, 0.25) is 0 Å². The number of hydrogen-bond acceptors (Lipinski definition) is 2. The Morgan fingerprint density at radius 2 is 2.13 bits per heavy atom. The van der Waals surface area contributed by atoms with Crippen molar-refractivity contribution < 1.29 is 18.3 Å². The molecule has 1 aromatic rings. The highest BCUT2D eigenvalue weighted by Crippen LogP contribution is 2.43. The highest BCUT2D eigenvalue weighted by Gasteiger charge is 2.41. The standard InChI is InChI=1S/C10H9F2NO2/c11-7-2-1-5(3-8(7)12)6-4-9(6)15-10(13)14/h1-3,6,9H,4H2,(H2,13,14). The van der Waals surface area contributed by atoms with E-state index in [1.165, 1.54) is 6.07 Å². The number of benzene rings is 1. The van der Waals surface area contributed by atoms with Crippen molar-refractivity contribution in [1.82, 2.24) is 0 Å². The monoisotopic (exact) mass is 213 g/mol. The Labute approximate surface area is 84.8 Å². The predicted molar refractivity (Wildman–Crippen MR) is 48.2 cm³/mol.